The Bertz CT molecular complexity index is 526. The Morgan fingerprint density at radius 1 is 1.38 bits per heavy atom. The highest BCUT2D eigenvalue weighted by Crippen LogP contribution is 2.26. The van der Waals surface area contributed by atoms with Gasteiger partial charge in [-0.05, 0) is 38.4 Å². The normalized spacial score (nSPS) is 15.8. The van der Waals surface area contributed by atoms with Gasteiger partial charge in [-0.1, -0.05) is 18.2 Å². The molecule has 21 heavy (non-hydrogen) atoms. The number of amides is 1. The van der Waals surface area contributed by atoms with Gasteiger partial charge in [0.15, 0.2) is 0 Å². The average Bonchev–Trinajstić information content (AvgIpc) is 3.29. The van der Waals surface area contributed by atoms with Crippen LogP contribution in [0.3, 0.4) is 0 Å². The Kier molecular flexibility index (Phi) is 4.96. The molecule has 1 aromatic carbocycles. The molecule has 0 aromatic heterocycles. The van der Waals surface area contributed by atoms with Gasteiger partial charge in [-0.3, -0.25) is 9.69 Å². The lowest BCUT2D eigenvalue weighted by molar-refractivity contribution is -0.120. The summed E-state index contributed by atoms with van der Waals surface area (Å²) in [7, 11) is 2.08. The van der Waals surface area contributed by atoms with Crippen molar-refractivity contribution >= 4 is 11.9 Å². The van der Waals surface area contributed by atoms with Crippen molar-refractivity contribution < 1.29 is 14.7 Å². The molecule has 1 saturated carbocycles. The zero-order valence-corrected chi connectivity index (χ0v) is 12.5. The van der Waals surface area contributed by atoms with Gasteiger partial charge in [0.1, 0.15) is 0 Å². The molecule has 1 amide bonds. The number of likely N-dealkylation sites (N-methyl/N-ethyl adjacent to an activating group) is 1. The highest BCUT2D eigenvalue weighted by atomic mass is 16.4. The summed E-state index contributed by atoms with van der Waals surface area (Å²) in [5.74, 6) is -1.14. The third kappa shape index (κ3) is 4.29. The standard InChI is InChI=1S/C16H22N2O3/c1-11(18(2)13-7-8-13)10-17-15(19)9-12-5-3-4-6-14(12)16(20)21/h3-6,11,13H,7-10H2,1-2H3,(H,17,19)(H,20,21). The van der Waals surface area contributed by atoms with Crippen LogP contribution in [0.1, 0.15) is 35.7 Å². The van der Waals surface area contributed by atoms with Gasteiger partial charge in [-0.25, -0.2) is 4.79 Å². The molecule has 0 spiro atoms. The quantitative estimate of drug-likeness (QED) is 0.799. The molecule has 0 heterocycles. The Morgan fingerprint density at radius 2 is 2.05 bits per heavy atom. The molecule has 1 atom stereocenters. The first-order valence-corrected chi connectivity index (χ1v) is 7.29. The molecule has 1 unspecified atom stereocenters. The van der Waals surface area contributed by atoms with Crippen LogP contribution in [0.4, 0.5) is 0 Å². The summed E-state index contributed by atoms with van der Waals surface area (Å²) in [5, 5.41) is 12.0. The van der Waals surface area contributed by atoms with Crippen molar-refractivity contribution in [2.45, 2.75) is 38.3 Å². The van der Waals surface area contributed by atoms with E-state index in [-0.39, 0.29) is 23.9 Å². The van der Waals surface area contributed by atoms with E-state index in [0.29, 0.717) is 18.2 Å². The van der Waals surface area contributed by atoms with Gasteiger partial charge in [0, 0.05) is 18.6 Å². The van der Waals surface area contributed by atoms with E-state index < -0.39 is 5.97 Å². The number of nitrogens with one attached hydrogen (secondary N) is 1. The largest absolute Gasteiger partial charge is 0.478 e. The Hall–Kier alpha value is -1.88. The number of aromatic carboxylic acids is 1. The summed E-state index contributed by atoms with van der Waals surface area (Å²) in [5.41, 5.74) is 0.737. The van der Waals surface area contributed by atoms with Crippen LogP contribution in [0.25, 0.3) is 0 Å². The number of carbonyl (C=O) groups is 2. The van der Waals surface area contributed by atoms with Crippen molar-refractivity contribution in [1.82, 2.24) is 10.2 Å². The highest BCUT2D eigenvalue weighted by molar-refractivity contribution is 5.91. The fourth-order valence-electron chi connectivity index (χ4n) is 2.37. The second-order valence-electron chi connectivity index (χ2n) is 5.69. The minimum absolute atomic E-state index is 0.0995. The molecule has 2 rings (SSSR count). The van der Waals surface area contributed by atoms with E-state index in [9.17, 15) is 9.59 Å². The second-order valence-corrected chi connectivity index (χ2v) is 5.69. The first-order chi connectivity index (χ1) is 9.99. The van der Waals surface area contributed by atoms with Crippen LogP contribution in [0.5, 0.6) is 0 Å². The molecule has 114 valence electrons. The van der Waals surface area contributed by atoms with Crippen molar-refractivity contribution in [3.63, 3.8) is 0 Å². The smallest absolute Gasteiger partial charge is 0.335 e. The van der Waals surface area contributed by atoms with E-state index in [4.69, 9.17) is 5.11 Å². The highest BCUT2D eigenvalue weighted by Gasteiger charge is 2.29. The van der Waals surface area contributed by atoms with E-state index in [0.717, 1.165) is 0 Å². The molecule has 0 bridgehead atoms. The lowest BCUT2D eigenvalue weighted by atomic mass is 10.0. The summed E-state index contributed by atoms with van der Waals surface area (Å²) in [6, 6.07) is 7.56. The van der Waals surface area contributed by atoms with Crippen LogP contribution < -0.4 is 5.32 Å². The maximum Gasteiger partial charge on any atom is 0.335 e. The van der Waals surface area contributed by atoms with Crippen LogP contribution in [0.2, 0.25) is 0 Å². The lowest BCUT2D eigenvalue weighted by Gasteiger charge is -2.24. The third-order valence-electron chi connectivity index (χ3n) is 4.01. The summed E-state index contributed by atoms with van der Waals surface area (Å²) in [6.07, 6.45) is 2.57. The Morgan fingerprint density at radius 3 is 2.67 bits per heavy atom. The molecule has 2 N–H and O–H groups in total. The molecule has 1 aliphatic carbocycles. The van der Waals surface area contributed by atoms with Gasteiger partial charge in [-0.2, -0.15) is 0 Å². The van der Waals surface area contributed by atoms with Gasteiger partial charge >= 0.3 is 5.97 Å². The van der Waals surface area contributed by atoms with Gasteiger partial charge in [0.2, 0.25) is 5.91 Å². The average molecular weight is 290 g/mol. The van der Waals surface area contributed by atoms with Crippen LogP contribution in [-0.4, -0.2) is 47.6 Å². The SMILES string of the molecule is CC(CNC(=O)Cc1ccccc1C(=O)O)N(C)C1CC1. The maximum atomic E-state index is 12.0. The van der Waals surface area contributed by atoms with Crippen LogP contribution in [0.15, 0.2) is 24.3 Å². The fraction of sp³-hybridized carbons (Fsp3) is 0.500. The number of carboxylic acid groups (broad SMARTS) is 1. The molecule has 0 aliphatic heterocycles. The van der Waals surface area contributed by atoms with E-state index in [1.807, 2.05) is 0 Å². The summed E-state index contributed by atoms with van der Waals surface area (Å²) >= 11 is 0. The fourth-order valence-corrected chi connectivity index (χ4v) is 2.37. The van der Waals surface area contributed by atoms with Crippen molar-refractivity contribution in [2.75, 3.05) is 13.6 Å². The van der Waals surface area contributed by atoms with E-state index in [1.54, 1.807) is 18.2 Å². The van der Waals surface area contributed by atoms with E-state index in [2.05, 4.69) is 24.2 Å². The summed E-state index contributed by atoms with van der Waals surface area (Å²) in [4.78, 5) is 25.4. The minimum atomic E-state index is -1.000. The van der Waals surface area contributed by atoms with Crippen LogP contribution in [0, 0.1) is 0 Å². The molecule has 5 heteroatoms. The number of benzene rings is 1. The first kappa shape index (κ1) is 15.5. The van der Waals surface area contributed by atoms with Gasteiger partial charge in [0.25, 0.3) is 0 Å². The predicted molar refractivity (Wildman–Crippen MR) is 80.4 cm³/mol. The predicted octanol–water partition coefficient (Wildman–Crippen LogP) is 1.53. The van der Waals surface area contributed by atoms with Crippen LogP contribution in [-0.2, 0) is 11.2 Å². The van der Waals surface area contributed by atoms with Gasteiger partial charge < -0.3 is 10.4 Å². The topological polar surface area (TPSA) is 69.6 Å². The number of nitrogens with zero attached hydrogens (tertiary/aromatic N) is 1. The minimum Gasteiger partial charge on any atom is -0.478 e. The second kappa shape index (κ2) is 6.72. The Labute approximate surface area is 125 Å². The molecule has 1 fully saturated rings. The molecule has 0 saturated heterocycles. The lowest BCUT2D eigenvalue weighted by Crippen LogP contribution is -2.41. The molecular weight excluding hydrogens is 268 g/mol. The summed E-state index contributed by atoms with van der Waals surface area (Å²) < 4.78 is 0. The van der Waals surface area contributed by atoms with Gasteiger partial charge in [0.05, 0.1) is 12.0 Å². The van der Waals surface area contributed by atoms with Gasteiger partial charge in [-0.15, -0.1) is 0 Å². The molecule has 1 aromatic rings. The molecular formula is C16H22N2O3. The van der Waals surface area contributed by atoms with Crippen molar-refractivity contribution in [3.8, 4) is 0 Å². The molecule has 1 aliphatic rings. The van der Waals surface area contributed by atoms with E-state index in [1.165, 1.54) is 18.9 Å². The molecule has 5 nitrogen and oxygen atoms in total. The number of rotatable bonds is 7. The van der Waals surface area contributed by atoms with Crippen LogP contribution >= 0.6 is 0 Å². The zero-order chi connectivity index (χ0) is 15.4. The number of carboxylic acids is 1. The molecule has 0 radical (unpaired) electrons. The van der Waals surface area contributed by atoms with Crippen molar-refractivity contribution in [3.05, 3.63) is 35.4 Å². The summed E-state index contributed by atoms with van der Waals surface area (Å²) in [6.45, 7) is 2.67. The number of hydrogen-bond donors (Lipinski definition) is 2. The van der Waals surface area contributed by atoms with Crippen molar-refractivity contribution in [1.29, 1.82) is 0 Å². The number of carbonyl (C=O) groups excluding carboxylic acids is 1. The maximum absolute atomic E-state index is 12.0. The third-order valence-corrected chi connectivity index (χ3v) is 4.01. The van der Waals surface area contributed by atoms with Crippen molar-refractivity contribution in [2.24, 2.45) is 0 Å². The first-order valence-electron chi connectivity index (χ1n) is 7.29. The zero-order valence-electron chi connectivity index (χ0n) is 12.5. The van der Waals surface area contributed by atoms with E-state index >= 15 is 0 Å². The number of hydrogen-bond acceptors (Lipinski definition) is 3. The monoisotopic (exact) mass is 290 g/mol. The Balaban J connectivity index is 1.85.